The summed E-state index contributed by atoms with van der Waals surface area (Å²) in [6, 6.07) is 6.46. The molecule has 0 unspecified atom stereocenters. The maximum atomic E-state index is 12.2. The van der Waals surface area contributed by atoms with Crippen molar-refractivity contribution in [1.82, 2.24) is 15.1 Å². The molecule has 0 aliphatic carbocycles. The van der Waals surface area contributed by atoms with Crippen LogP contribution in [0.4, 0.5) is 0 Å². The van der Waals surface area contributed by atoms with E-state index in [1.54, 1.807) is 12.0 Å². The number of nitrogens with zero attached hydrogens (tertiary/aromatic N) is 2. The van der Waals surface area contributed by atoms with E-state index < -0.39 is 0 Å². The van der Waals surface area contributed by atoms with Gasteiger partial charge in [-0.1, -0.05) is 6.07 Å². The number of ether oxygens (including phenoxy) is 3. The van der Waals surface area contributed by atoms with Gasteiger partial charge in [0.2, 0.25) is 0 Å². The van der Waals surface area contributed by atoms with Crippen LogP contribution in [0.25, 0.3) is 0 Å². The number of rotatable bonds is 6. The number of carbonyl (C=O) groups is 1. The molecule has 0 saturated carbocycles. The van der Waals surface area contributed by atoms with Gasteiger partial charge in [0.15, 0.2) is 18.1 Å². The summed E-state index contributed by atoms with van der Waals surface area (Å²) in [6.45, 7) is 8.64. The minimum Gasteiger partial charge on any atom is -0.493 e. The van der Waals surface area contributed by atoms with Crippen LogP contribution in [0.15, 0.2) is 18.2 Å². The lowest BCUT2D eigenvalue weighted by molar-refractivity contribution is -0.137. The number of morpholine rings is 1. The molecule has 27 heavy (non-hydrogen) atoms. The van der Waals surface area contributed by atoms with Crippen LogP contribution in [0.3, 0.4) is 0 Å². The summed E-state index contributed by atoms with van der Waals surface area (Å²) < 4.78 is 16.5. The molecule has 1 atom stereocenters. The van der Waals surface area contributed by atoms with Crippen LogP contribution >= 0.6 is 12.4 Å². The van der Waals surface area contributed by atoms with Crippen LogP contribution in [-0.4, -0.2) is 81.4 Å². The summed E-state index contributed by atoms with van der Waals surface area (Å²) in [5.74, 6) is 1.25. The monoisotopic (exact) mass is 399 g/mol. The second-order valence-corrected chi connectivity index (χ2v) is 6.86. The van der Waals surface area contributed by atoms with Crippen LogP contribution in [0, 0.1) is 0 Å². The molecule has 0 aromatic heterocycles. The summed E-state index contributed by atoms with van der Waals surface area (Å²) in [4.78, 5) is 16.4. The van der Waals surface area contributed by atoms with E-state index in [1.165, 1.54) is 5.56 Å². The van der Waals surface area contributed by atoms with Crippen LogP contribution < -0.4 is 14.8 Å². The predicted molar refractivity (Wildman–Crippen MR) is 106 cm³/mol. The maximum Gasteiger partial charge on any atom is 0.260 e. The molecule has 2 fully saturated rings. The van der Waals surface area contributed by atoms with E-state index in [-0.39, 0.29) is 24.9 Å². The van der Waals surface area contributed by atoms with Crippen molar-refractivity contribution in [1.29, 1.82) is 0 Å². The number of amides is 1. The van der Waals surface area contributed by atoms with Crippen molar-refractivity contribution in [3.8, 4) is 11.5 Å². The fourth-order valence-electron chi connectivity index (χ4n) is 3.39. The van der Waals surface area contributed by atoms with Crippen molar-refractivity contribution in [2.45, 2.75) is 19.5 Å². The zero-order valence-corrected chi connectivity index (χ0v) is 16.9. The molecule has 1 amide bonds. The van der Waals surface area contributed by atoms with Gasteiger partial charge in [0.1, 0.15) is 0 Å². The van der Waals surface area contributed by atoms with Gasteiger partial charge in [-0.05, 0) is 24.6 Å². The van der Waals surface area contributed by atoms with Crippen molar-refractivity contribution in [2.75, 3.05) is 59.7 Å². The van der Waals surface area contributed by atoms with Gasteiger partial charge >= 0.3 is 0 Å². The Bertz CT molecular complexity index is 611. The third kappa shape index (κ3) is 6.24. The van der Waals surface area contributed by atoms with Gasteiger partial charge < -0.3 is 24.4 Å². The molecule has 0 bridgehead atoms. The Morgan fingerprint density at radius 3 is 2.74 bits per heavy atom. The lowest BCUT2D eigenvalue weighted by Crippen LogP contribution is -2.48. The standard InChI is InChI=1S/C19H29N3O4.ClH/c1-15-12-21(6-5-20-15)13-16-3-4-17(18(11-16)24-2)26-14-19(23)22-7-9-25-10-8-22;/h3-4,11,15,20H,5-10,12-14H2,1-2H3;1H/t15-;/m1./s1. The third-order valence-corrected chi connectivity index (χ3v) is 4.80. The van der Waals surface area contributed by atoms with Crippen molar-refractivity contribution in [3.05, 3.63) is 23.8 Å². The Balaban J connectivity index is 0.00000261. The molecule has 8 heteroatoms. The number of piperazine rings is 1. The highest BCUT2D eigenvalue weighted by molar-refractivity contribution is 5.85. The van der Waals surface area contributed by atoms with Gasteiger partial charge in [-0.3, -0.25) is 9.69 Å². The summed E-state index contributed by atoms with van der Waals surface area (Å²) >= 11 is 0. The van der Waals surface area contributed by atoms with Crippen molar-refractivity contribution in [3.63, 3.8) is 0 Å². The fraction of sp³-hybridized carbons (Fsp3) is 0.632. The quantitative estimate of drug-likeness (QED) is 0.774. The SMILES string of the molecule is COc1cc(CN2CCN[C@H](C)C2)ccc1OCC(=O)N1CCOCC1.Cl. The molecule has 152 valence electrons. The van der Waals surface area contributed by atoms with E-state index in [9.17, 15) is 4.79 Å². The first-order valence-corrected chi connectivity index (χ1v) is 9.26. The highest BCUT2D eigenvalue weighted by Crippen LogP contribution is 2.28. The van der Waals surface area contributed by atoms with Crippen LogP contribution in [0.1, 0.15) is 12.5 Å². The Morgan fingerprint density at radius 1 is 1.26 bits per heavy atom. The number of benzene rings is 1. The first-order valence-electron chi connectivity index (χ1n) is 9.26. The largest absolute Gasteiger partial charge is 0.493 e. The zero-order valence-electron chi connectivity index (χ0n) is 16.1. The molecular formula is C19H30ClN3O4. The van der Waals surface area contributed by atoms with Gasteiger partial charge in [0, 0.05) is 45.3 Å². The van der Waals surface area contributed by atoms with Crippen LogP contribution in [0.5, 0.6) is 11.5 Å². The average molecular weight is 400 g/mol. The van der Waals surface area contributed by atoms with E-state index in [0.717, 1.165) is 26.2 Å². The molecule has 7 nitrogen and oxygen atoms in total. The first-order chi connectivity index (χ1) is 12.7. The van der Waals surface area contributed by atoms with Gasteiger partial charge in [-0.25, -0.2) is 0 Å². The smallest absolute Gasteiger partial charge is 0.260 e. The number of halogens is 1. The molecule has 1 aromatic carbocycles. The van der Waals surface area contributed by atoms with Crippen LogP contribution in [0.2, 0.25) is 0 Å². The van der Waals surface area contributed by atoms with Gasteiger partial charge in [0.25, 0.3) is 5.91 Å². The highest BCUT2D eigenvalue weighted by Gasteiger charge is 2.19. The first kappa shape index (κ1) is 21.8. The molecule has 2 aliphatic heterocycles. The van der Waals surface area contributed by atoms with Gasteiger partial charge in [-0.2, -0.15) is 0 Å². The normalized spacial score (nSPS) is 20.7. The van der Waals surface area contributed by atoms with Crippen molar-refractivity contribution in [2.24, 2.45) is 0 Å². The number of carbonyl (C=O) groups excluding carboxylic acids is 1. The summed E-state index contributed by atoms with van der Waals surface area (Å²) in [7, 11) is 1.63. The average Bonchev–Trinajstić information content (AvgIpc) is 2.67. The highest BCUT2D eigenvalue weighted by atomic mass is 35.5. The third-order valence-electron chi connectivity index (χ3n) is 4.80. The Labute approximate surface area is 167 Å². The number of hydrogen-bond donors (Lipinski definition) is 1. The Kier molecular flexibility index (Phi) is 8.63. The molecule has 2 saturated heterocycles. The molecule has 3 rings (SSSR count). The molecule has 1 aromatic rings. The van der Waals surface area contributed by atoms with E-state index in [4.69, 9.17) is 14.2 Å². The molecule has 2 heterocycles. The van der Waals surface area contributed by atoms with Crippen molar-refractivity contribution >= 4 is 18.3 Å². The summed E-state index contributed by atoms with van der Waals surface area (Å²) in [5, 5.41) is 3.45. The minimum atomic E-state index is -0.0192. The van der Waals surface area contributed by atoms with E-state index in [2.05, 4.69) is 17.1 Å². The molecule has 1 N–H and O–H groups in total. The zero-order chi connectivity index (χ0) is 18.4. The van der Waals surface area contributed by atoms with E-state index in [1.807, 2.05) is 18.2 Å². The van der Waals surface area contributed by atoms with Gasteiger partial charge in [0.05, 0.1) is 20.3 Å². The Morgan fingerprint density at radius 2 is 2.04 bits per heavy atom. The summed E-state index contributed by atoms with van der Waals surface area (Å²) in [5.41, 5.74) is 1.18. The second-order valence-electron chi connectivity index (χ2n) is 6.86. The lowest BCUT2D eigenvalue weighted by Gasteiger charge is -2.31. The maximum absolute atomic E-state index is 12.2. The number of nitrogens with one attached hydrogen (secondary N) is 1. The molecular weight excluding hydrogens is 370 g/mol. The lowest BCUT2D eigenvalue weighted by atomic mass is 10.1. The van der Waals surface area contributed by atoms with E-state index >= 15 is 0 Å². The Hall–Kier alpha value is -1.54. The molecule has 0 spiro atoms. The van der Waals surface area contributed by atoms with Crippen molar-refractivity contribution < 1.29 is 19.0 Å². The number of hydrogen-bond acceptors (Lipinski definition) is 6. The summed E-state index contributed by atoms with van der Waals surface area (Å²) in [6.07, 6.45) is 0. The molecule has 2 aliphatic rings. The van der Waals surface area contributed by atoms with Crippen LogP contribution in [-0.2, 0) is 16.1 Å². The predicted octanol–water partition coefficient (Wildman–Crippen LogP) is 1.15. The van der Waals surface area contributed by atoms with Gasteiger partial charge in [-0.15, -0.1) is 12.4 Å². The minimum absolute atomic E-state index is 0. The number of methoxy groups -OCH3 is 1. The second kappa shape index (κ2) is 10.7. The molecule has 0 radical (unpaired) electrons. The fourth-order valence-corrected chi connectivity index (χ4v) is 3.39. The van der Waals surface area contributed by atoms with E-state index in [0.29, 0.717) is 43.8 Å². The topological polar surface area (TPSA) is 63.3 Å².